The molecule has 2 rings (SSSR count). The molecule has 0 spiro atoms. The van der Waals surface area contributed by atoms with E-state index in [0.29, 0.717) is 12.6 Å². The van der Waals surface area contributed by atoms with Crippen LogP contribution in [0.2, 0.25) is 0 Å². The maximum absolute atomic E-state index is 12.2. The van der Waals surface area contributed by atoms with Crippen molar-refractivity contribution >= 4 is 5.91 Å². The fraction of sp³-hybridized carbons (Fsp3) is 0.933. The Hall–Kier alpha value is -0.650. The first kappa shape index (κ1) is 15.7. The zero-order valence-electron chi connectivity index (χ0n) is 13.0. The lowest BCUT2D eigenvalue weighted by Gasteiger charge is -2.38. The van der Waals surface area contributed by atoms with Gasteiger partial charge < -0.3 is 16.0 Å². The Kier molecular flexibility index (Phi) is 5.81. The minimum atomic E-state index is -0.00678. The molecule has 5 nitrogen and oxygen atoms in total. The molecule has 2 heterocycles. The fourth-order valence-corrected chi connectivity index (χ4v) is 3.64. The first-order chi connectivity index (χ1) is 9.65. The number of amides is 1. The SMILES string of the molecule is CCCN1CCC(N2C[C@@H](N)C[C@H]2C(=O)NCC)CC1. The number of carbonyl (C=O) groups excluding carboxylic acids is 1. The lowest BCUT2D eigenvalue weighted by atomic mass is 10.0. The molecule has 3 N–H and O–H groups in total. The normalized spacial score (nSPS) is 29.8. The summed E-state index contributed by atoms with van der Waals surface area (Å²) in [6.45, 7) is 9.30. The van der Waals surface area contributed by atoms with Gasteiger partial charge in [0.1, 0.15) is 0 Å². The van der Waals surface area contributed by atoms with Crippen LogP contribution in [0, 0.1) is 0 Å². The van der Waals surface area contributed by atoms with Crippen molar-refractivity contribution in [3.63, 3.8) is 0 Å². The minimum Gasteiger partial charge on any atom is -0.355 e. The number of piperidine rings is 1. The van der Waals surface area contributed by atoms with Crippen molar-refractivity contribution in [1.29, 1.82) is 0 Å². The fourth-order valence-electron chi connectivity index (χ4n) is 3.64. The van der Waals surface area contributed by atoms with Gasteiger partial charge in [-0.15, -0.1) is 0 Å². The third kappa shape index (κ3) is 3.71. The molecule has 2 aliphatic heterocycles. The number of nitrogens with zero attached hydrogens (tertiary/aromatic N) is 2. The monoisotopic (exact) mass is 282 g/mol. The molecule has 0 aliphatic carbocycles. The topological polar surface area (TPSA) is 61.6 Å². The van der Waals surface area contributed by atoms with E-state index in [-0.39, 0.29) is 18.0 Å². The van der Waals surface area contributed by atoms with Gasteiger partial charge in [0.15, 0.2) is 0 Å². The van der Waals surface area contributed by atoms with Crippen LogP contribution >= 0.6 is 0 Å². The van der Waals surface area contributed by atoms with Crippen LogP contribution in [0.5, 0.6) is 0 Å². The van der Waals surface area contributed by atoms with Gasteiger partial charge in [-0.1, -0.05) is 6.92 Å². The average Bonchev–Trinajstić information content (AvgIpc) is 2.82. The van der Waals surface area contributed by atoms with E-state index < -0.39 is 0 Å². The first-order valence-corrected chi connectivity index (χ1v) is 8.17. The summed E-state index contributed by atoms with van der Waals surface area (Å²) in [5.41, 5.74) is 6.10. The molecule has 0 unspecified atom stereocenters. The van der Waals surface area contributed by atoms with Crippen molar-refractivity contribution in [3.8, 4) is 0 Å². The predicted molar refractivity (Wildman–Crippen MR) is 81.5 cm³/mol. The van der Waals surface area contributed by atoms with Crippen molar-refractivity contribution in [1.82, 2.24) is 15.1 Å². The number of hydrogen-bond donors (Lipinski definition) is 2. The average molecular weight is 282 g/mol. The first-order valence-electron chi connectivity index (χ1n) is 8.17. The quantitative estimate of drug-likeness (QED) is 0.766. The van der Waals surface area contributed by atoms with E-state index in [1.807, 2.05) is 6.92 Å². The maximum atomic E-state index is 12.2. The summed E-state index contributed by atoms with van der Waals surface area (Å²) in [4.78, 5) is 17.1. The number of rotatable bonds is 5. The molecule has 116 valence electrons. The van der Waals surface area contributed by atoms with Gasteiger partial charge in [0.25, 0.3) is 0 Å². The Morgan fingerprint density at radius 3 is 2.60 bits per heavy atom. The summed E-state index contributed by atoms with van der Waals surface area (Å²) in [6.07, 6.45) is 4.37. The Labute approximate surface area is 122 Å². The summed E-state index contributed by atoms with van der Waals surface area (Å²) < 4.78 is 0. The second-order valence-electron chi connectivity index (χ2n) is 6.18. The highest BCUT2D eigenvalue weighted by Crippen LogP contribution is 2.25. The summed E-state index contributed by atoms with van der Waals surface area (Å²) in [7, 11) is 0. The molecule has 2 aliphatic rings. The number of carbonyl (C=O) groups is 1. The highest BCUT2D eigenvalue weighted by molar-refractivity contribution is 5.82. The van der Waals surface area contributed by atoms with Gasteiger partial charge in [0, 0.05) is 25.2 Å². The Bertz CT molecular complexity index is 315. The van der Waals surface area contributed by atoms with Crippen molar-refractivity contribution < 1.29 is 4.79 Å². The highest BCUT2D eigenvalue weighted by Gasteiger charge is 2.39. The van der Waals surface area contributed by atoms with E-state index in [2.05, 4.69) is 22.0 Å². The van der Waals surface area contributed by atoms with Gasteiger partial charge >= 0.3 is 0 Å². The van der Waals surface area contributed by atoms with Crippen LogP contribution in [0.4, 0.5) is 0 Å². The summed E-state index contributed by atoms with van der Waals surface area (Å²) >= 11 is 0. The molecule has 0 aromatic rings. The molecular weight excluding hydrogens is 252 g/mol. The Balaban J connectivity index is 1.91. The number of hydrogen-bond acceptors (Lipinski definition) is 4. The second-order valence-corrected chi connectivity index (χ2v) is 6.18. The Morgan fingerprint density at radius 1 is 1.30 bits per heavy atom. The maximum Gasteiger partial charge on any atom is 0.237 e. The molecule has 0 bridgehead atoms. The number of likely N-dealkylation sites (tertiary alicyclic amines) is 2. The standard InChI is InChI=1S/C15H30N4O/c1-3-7-18-8-5-13(6-9-18)19-11-12(16)10-14(19)15(20)17-4-2/h12-14H,3-11,16H2,1-2H3,(H,17,20)/t12-,14-/m0/s1. The predicted octanol–water partition coefficient (Wildman–Crippen LogP) is 0.399. The molecule has 0 aromatic heterocycles. The van der Waals surface area contributed by atoms with Crippen molar-refractivity contribution in [2.45, 2.75) is 57.7 Å². The minimum absolute atomic E-state index is 0.00678. The lowest BCUT2D eigenvalue weighted by Crippen LogP contribution is -2.51. The summed E-state index contributed by atoms with van der Waals surface area (Å²) in [5, 5.41) is 2.96. The molecule has 0 radical (unpaired) electrons. The van der Waals surface area contributed by atoms with Crippen LogP contribution in [0.15, 0.2) is 0 Å². The van der Waals surface area contributed by atoms with Crippen LogP contribution in [0.1, 0.15) is 39.5 Å². The number of likely N-dealkylation sites (N-methyl/N-ethyl adjacent to an activating group) is 1. The van der Waals surface area contributed by atoms with Crippen LogP contribution in [-0.4, -0.2) is 66.6 Å². The van der Waals surface area contributed by atoms with E-state index in [1.54, 1.807) is 0 Å². The van der Waals surface area contributed by atoms with Crippen LogP contribution in [0.3, 0.4) is 0 Å². The smallest absolute Gasteiger partial charge is 0.237 e. The van der Waals surface area contributed by atoms with Crippen molar-refractivity contribution in [2.24, 2.45) is 5.73 Å². The van der Waals surface area contributed by atoms with E-state index in [9.17, 15) is 4.79 Å². The summed E-state index contributed by atoms with van der Waals surface area (Å²) in [5.74, 6) is 0.163. The molecule has 2 atom stereocenters. The van der Waals surface area contributed by atoms with E-state index >= 15 is 0 Å². The van der Waals surface area contributed by atoms with Gasteiger partial charge in [-0.2, -0.15) is 0 Å². The molecular formula is C15H30N4O. The summed E-state index contributed by atoms with van der Waals surface area (Å²) in [6, 6.07) is 0.674. The highest BCUT2D eigenvalue weighted by atomic mass is 16.2. The van der Waals surface area contributed by atoms with Gasteiger partial charge in [0.2, 0.25) is 5.91 Å². The van der Waals surface area contributed by atoms with Gasteiger partial charge in [-0.05, 0) is 52.2 Å². The zero-order valence-corrected chi connectivity index (χ0v) is 13.0. The van der Waals surface area contributed by atoms with Gasteiger partial charge in [0.05, 0.1) is 6.04 Å². The lowest BCUT2D eigenvalue weighted by molar-refractivity contribution is -0.126. The van der Waals surface area contributed by atoms with Crippen molar-refractivity contribution in [2.75, 3.05) is 32.7 Å². The van der Waals surface area contributed by atoms with Gasteiger partial charge in [-0.3, -0.25) is 9.69 Å². The van der Waals surface area contributed by atoms with E-state index in [0.717, 1.165) is 26.1 Å². The number of nitrogens with two attached hydrogens (primary N) is 1. The molecule has 0 saturated carbocycles. The number of nitrogens with one attached hydrogen (secondary N) is 1. The second kappa shape index (κ2) is 7.38. The third-order valence-corrected chi connectivity index (χ3v) is 4.59. The third-order valence-electron chi connectivity index (χ3n) is 4.59. The molecule has 2 fully saturated rings. The van der Waals surface area contributed by atoms with Crippen molar-refractivity contribution in [3.05, 3.63) is 0 Å². The van der Waals surface area contributed by atoms with Crippen LogP contribution < -0.4 is 11.1 Å². The largest absolute Gasteiger partial charge is 0.355 e. The molecule has 5 heteroatoms. The van der Waals surface area contributed by atoms with Crippen LogP contribution in [0.25, 0.3) is 0 Å². The van der Waals surface area contributed by atoms with E-state index in [4.69, 9.17) is 5.73 Å². The molecule has 2 saturated heterocycles. The molecule has 1 amide bonds. The molecule has 0 aromatic carbocycles. The molecule has 20 heavy (non-hydrogen) atoms. The van der Waals surface area contributed by atoms with E-state index in [1.165, 1.54) is 25.8 Å². The Morgan fingerprint density at radius 2 is 2.00 bits per heavy atom. The van der Waals surface area contributed by atoms with Gasteiger partial charge in [-0.25, -0.2) is 0 Å². The van der Waals surface area contributed by atoms with Crippen LogP contribution in [-0.2, 0) is 4.79 Å². The zero-order chi connectivity index (χ0) is 14.5.